The van der Waals surface area contributed by atoms with Gasteiger partial charge in [0.1, 0.15) is 0 Å². The number of carbonyl (C=O) groups excluding carboxylic acids is 1. The summed E-state index contributed by atoms with van der Waals surface area (Å²) in [5.74, 6) is 0.366. The molecule has 128 valence electrons. The van der Waals surface area contributed by atoms with Crippen molar-refractivity contribution in [2.75, 3.05) is 7.11 Å². The molecule has 1 saturated heterocycles. The van der Waals surface area contributed by atoms with E-state index >= 15 is 0 Å². The summed E-state index contributed by atoms with van der Waals surface area (Å²) >= 11 is 1.37. The van der Waals surface area contributed by atoms with E-state index in [1.165, 1.54) is 31.2 Å². The maximum atomic E-state index is 12.0. The van der Waals surface area contributed by atoms with Crippen LogP contribution >= 0.6 is 11.8 Å². The minimum absolute atomic E-state index is 0.0610. The number of nitrogens with one attached hydrogen (secondary N) is 1. The highest BCUT2D eigenvalue weighted by Gasteiger charge is 2.30. The molecule has 1 aliphatic rings. The van der Waals surface area contributed by atoms with Gasteiger partial charge in [0.05, 0.1) is 18.6 Å². The molecule has 1 amide bonds. The first-order valence-electron chi connectivity index (χ1n) is 7.65. The zero-order valence-electron chi connectivity index (χ0n) is 13.5. The number of thioether (sulfide) groups is 1. The molecule has 7 heteroatoms. The number of phenols is 1. The second-order valence-electron chi connectivity index (χ2n) is 5.37. The average Bonchev–Trinajstić information content (AvgIpc) is 2.97. The number of nitrogens with zero attached hydrogens (tertiary/aromatic N) is 2. The van der Waals surface area contributed by atoms with Crippen LogP contribution in [-0.2, 0) is 11.2 Å². The number of rotatable bonds is 5. The predicted molar refractivity (Wildman–Crippen MR) is 99.4 cm³/mol. The fourth-order valence-corrected chi connectivity index (χ4v) is 3.30. The van der Waals surface area contributed by atoms with Crippen LogP contribution < -0.4 is 10.1 Å². The fraction of sp³-hybridized carbons (Fsp3) is 0.167. The van der Waals surface area contributed by atoms with Crippen molar-refractivity contribution in [3.8, 4) is 11.5 Å². The molecule has 25 heavy (non-hydrogen) atoms. The van der Waals surface area contributed by atoms with Crippen LogP contribution in [0.15, 0.2) is 58.7 Å². The standard InChI is InChI=1S/C18H17N3O3S/c1-24-15-9-13(7-8-14(15)22)11-19-21-18-20-17(23)16(25-18)10-12-5-3-2-4-6-12/h2-9,11,16,22H,10H2,1H3,(H,20,21,23)/b19-11+. The molecule has 1 fully saturated rings. The van der Waals surface area contributed by atoms with Crippen molar-refractivity contribution < 1.29 is 14.6 Å². The van der Waals surface area contributed by atoms with Gasteiger partial charge in [0.25, 0.3) is 0 Å². The number of ether oxygens (including phenoxy) is 1. The van der Waals surface area contributed by atoms with Crippen LogP contribution in [0.3, 0.4) is 0 Å². The summed E-state index contributed by atoms with van der Waals surface area (Å²) in [5.41, 5.74) is 1.84. The van der Waals surface area contributed by atoms with E-state index in [9.17, 15) is 9.90 Å². The number of methoxy groups -OCH3 is 1. The Morgan fingerprint density at radius 3 is 2.84 bits per heavy atom. The molecule has 0 spiro atoms. The third kappa shape index (κ3) is 4.39. The Bertz CT molecular complexity index is 822. The largest absolute Gasteiger partial charge is 0.504 e. The Morgan fingerprint density at radius 1 is 1.28 bits per heavy atom. The summed E-state index contributed by atoms with van der Waals surface area (Å²) in [4.78, 5) is 12.0. The molecule has 2 aromatic rings. The van der Waals surface area contributed by atoms with E-state index in [-0.39, 0.29) is 16.9 Å². The van der Waals surface area contributed by atoms with E-state index in [0.717, 1.165) is 11.1 Å². The lowest BCUT2D eigenvalue weighted by Gasteiger charge is -2.04. The SMILES string of the molecule is COc1cc(/C=N/N=C2/NC(=O)C(Cc3ccccc3)S2)ccc1O. The van der Waals surface area contributed by atoms with E-state index in [1.54, 1.807) is 12.1 Å². The van der Waals surface area contributed by atoms with Crippen molar-refractivity contribution in [1.29, 1.82) is 0 Å². The highest BCUT2D eigenvalue weighted by atomic mass is 32.2. The second-order valence-corrected chi connectivity index (χ2v) is 6.56. The van der Waals surface area contributed by atoms with E-state index in [4.69, 9.17) is 4.74 Å². The molecule has 0 aromatic heterocycles. The van der Waals surface area contributed by atoms with Gasteiger partial charge in [0.2, 0.25) is 5.91 Å². The van der Waals surface area contributed by atoms with Crippen LogP contribution in [-0.4, -0.2) is 34.8 Å². The lowest BCUT2D eigenvalue weighted by Crippen LogP contribution is -2.25. The summed E-state index contributed by atoms with van der Waals surface area (Å²) < 4.78 is 5.04. The molecule has 3 rings (SSSR count). The van der Waals surface area contributed by atoms with E-state index in [1.807, 2.05) is 30.3 Å². The molecule has 1 aliphatic heterocycles. The minimum Gasteiger partial charge on any atom is -0.504 e. The normalized spacial score (nSPS) is 18.7. The molecule has 1 unspecified atom stereocenters. The van der Waals surface area contributed by atoms with Gasteiger partial charge < -0.3 is 15.2 Å². The molecule has 0 radical (unpaired) electrons. The quantitative estimate of drug-likeness (QED) is 0.638. The van der Waals surface area contributed by atoms with Gasteiger partial charge >= 0.3 is 0 Å². The van der Waals surface area contributed by atoms with Crippen molar-refractivity contribution in [2.45, 2.75) is 11.7 Å². The molecule has 1 heterocycles. The third-order valence-corrected chi connectivity index (χ3v) is 4.67. The molecule has 6 nitrogen and oxygen atoms in total. The van der Waals surface area contributed by atoms with Crippen molar-refractivity contribution in [2.24, 2.45) is 10.2 Å². The summed E-state index contributed by atoms with van der Waals surface area (Å²) in [5, 5.41) is 20.6. The first kappa shape index (κ1) is 17.0. The lowest BCUT2D eigenvalue weighted by molar-refractivity contribution is -0.118. The molecule has 1 atom stereocenters. The van der Waals surface area contributed by atoms with Gasteiger partial charge in [-0.05, 0) is 35.7 Å². The van der Waals surface area contributed by atoms with Gasteiger partial charge in [-0.3, -0.25) is 4.79 Å². The van der Waals surface area contributed by atoms with Gasteiger partial charge in [0, 0.05) is 0 Å². The first-order valence-corrected chi connectivity index (χ1v) is 8.53. The first-order chi connectivity index (χ1) is 12.2. The molecular weight excluding hydrogens is 338 g/mol. The van der Waals surface area contributed by atoms with Crippen LogP contribution in [0.25, 0.3) is 0 Å². The summed E-state index contributed by atoms with van der Waals surface area (Å²) in [6.07, 6.45) is 2.18. The number of aromatic hydroxyl groups is 1. The summed E-state index contributed by atoms with van der Waals surface area (Å²) in [7, 11) is 1.48. The van der Waals surface area contributed by atoms with Crippen molar-refractivity contribution in [3.05, 3.63) is 59.7 Å². The fourth-order valence-electron chi connectivity index (χ4n) is 2.34. The number of phenolic OH excluding ortho intramolecular Hbond substituents is 1. The Labute approximate surface area is 149 Å². The van der Waals surface area contributed by atoms with E-state index < -0.39 is 0 Å². The highest BCUT2D eigenvalue weighted by Crippen LogP contribution is 2.26. The smallest absolute Gasteiger partial charge is 0.239 e. The van der Waals surface area contributed by atoms with E-state index in [2.05, 4.69) is 15.5 Å². The van der Waals surface area contributed by atoms with Gasteiger partial charge in [-0.15, -0.1) is 5.10 Å². The maximum absolute atomic E-state index is 12.0. The van der Waals surface area contributed by atoms with Gasteiger partial charge in [0.15, 0.2) is 16.7 Å². The lowest BCUT2D eigenvalue weighted by atomic mass is 10.1. The molecular formula is C18H17N3O3S. The topological polar surface area (TPSA) is 83.3 Å². The van der Waals surface area contributed by atoms with Crippen LogP contribution in [0.4, 0.5) is 0 Å². The number of hydrogen-bond donors (Lipinski definition) is 2. The zero-order chi connectivity index (χ0) is 17.6. The summed E-state index contributed by atoms with van der Waals surface area (Å²) in [6.45, 7) is 0. The maximum Gasteiger partial charge on any atom is 0.239 e. The predicted octanol–water partition coefficient (Wildman–Crippen LogP) is 2.57. The average molecular weight is 355 g/mol. The summed E-state index contributed by atoms with van der Waals surface area (Å²) in [6, 6.07) is 14.7. The number of hydrogen-bond acceptors (Lipinski definition) is 6. The van der Waals surface area contributed by atoms with E-state index in [0.29, 0.717) is 17.3 Å². The molecule has 0 bridgehead atoms. The highest BCUT2D eigenvalue weighted by molar-refractivity contribution is 8.15. The monoisotopic (exact) mass is 355 g/mol. The van der Waals surface area contributed by atoms with Crippen LogP contribution in [0.2, 0.25) is 0 Å². The molecule has 2 aromatic carbocycles. The minimum atomic E-state index is -0.204. The Balaban J connectivity index is 1.64. The Hall–Kier alpha value is -2.80. The van der Waals surface area contributed by atoms with Gasteiger partial charge in [-0.2, -0.15) is 5.10 Å². The van der Waals surface area contributed by atoms with Crippen LogP contribution in [0.5, 0.6) is 11.5 Å². The van der Waals surface area contributed by atoms with Crippen LogP contribution in [0, 0.1) is 0 Å². The van der Waals surface area contributed by atoms with Crippen molar-refractivity contribution in [3.63, 3.8) is 0 Å². The van der Waals surface area contributed by atoms with Gasteiger partial charge in [-0.1, -0.05) is 42.1 Å². The van der Waals surface area contributed by atoms with Gasteiger partial charge in [-0.25, -0.2) is 0 Å². The second kappa shape index (κ2) is 7.85. The zero-order valence-corrected chi connectivity index (χ0v) is 14.4. The van der Waals surface area contributed by atoms with Crippen molar-refractivity contribution in [1.82, 2.24) is 5.32 Å². The number of amidine groups is 1. The molecule has 0 saturated carbocycles. The Morgan fingerprint density at radius 2 is 2.08 bits per heavy atom. The number of benzene rings is 2. The number of carbonyl (C=O) groups is 1. The van der Waals surface area contributed by atoms with Crippen molar-refractivity contribution >= 4 is 29.1 Å². The molecule has 0 aliphatic carbocycles. The molecule has 2 N–H and O–H groups in total. The Kier molecular flexibility index (Phi) is 5.35. The van der Waals surface area contributed by atoms with Crippen LogP contribution in [0.1, 0.15) is 11.1 Å². The number of amides is 1. The third-order valence-electron chi connectivity index (χ3n) is 3.60.